The van der Waals surface area contributed by atoms with Crippen LogP contribution in [-0.2, 0) is 14.6 Å². The van der Waals surface area contributed by atoms with Crippen LogP contribution in [0, 0.1) is 0 Å². The lowest BCUT2D eigenvalue weighted by Gasteiger charge is -2.25. The van der Waals surface area contributed by atoms with E-state index < -0.39 is 27.5 Å². The van der Waals surface area contributed by atoms with Crippen LogP contribution < -0.4 is 10.6 Å². The number of sulfone groups is 1. The van der Waals surface area contributed by atoms with E-state index in [4.69, 9.17) is 11.6 Å². The molecule has 0 aliphatic rings. The number of amides is 2. The average molecular weight is 527 g/mol. The number of rotatable bonds is 6. The Hall–Kier alpha value is -3.41. The van der Waals surface area contributed by atoms with Gasteiger partial charge < -0.3 is 15.7 Å². The summed E-state index contributed by atoms with van der Waals surface area (Å²) in [5, 5.41) is 13.6. The molecule has 1 atom stereocenters. The molecule has 2 amide bonds. The van der Waals surface area contributed by atoms with Crippen LogP contribution in [0.25, 0.3) is 0 Å². The van der Waals surface area contributed by atoms with Gasteiger partial charge in [0.1, 0.15) is 0 Å². The predicted molar refractivity (Wildman–Crippen MR) is 123 cm³/mol. The molecule has 3 rings (SSSR count). The second-order valence-electron chi connectivity index (χ2n) is 7.51. The van der Waals surface area contributed by atoms with Crippen molar-refractivity contribution < 1.29 is 36.3 Å². The van der Waals surface area contributed by atoms with Crippen molar-refractivity contribution in [2.24, 2.45) is 0 Å². The first-order valence-electron chi connectivity index (χ1n) is 9.85. The number of hydrogen-bond donors (Lipinski definition) is 3. The van der Waals surface area contributed by atoms with E-state index in [0.717, 1.165) is 18.2 Å². The van der Waals surface area contributed by atoms with Crippen LogP contribution in [0.4, 0.5) is 24.5 Å². The van der Waals surface area contributed by atoms with Crippen molar-refractivity contribution in [2.75, 3.05) is 10.6 Å². The largest absolute Gasteiger partial charge is 0.426 e. The third kappa shape index (κ3) is 5.64. The molecule has 0 spiro atoms. The van der Waals surface area contributed by atoms with Crippen molar-refractivity contribution in [3.63, 3.8) is 0 Å². The van der Waals surface area contributed by atoms with Gasteiger partial charge in [0.25, 0.3) is 11.8 Å². The summed E-state index contributed by atoms with van der Waals surface area (Å²) in [5.41, 5.74) is -3.23. The summed E-state index contributed by atoms with van der Waals surface area (Å²) in [6.07, 6.45) is -5.24. The van der Waals surface area contributed by atoms with Gasteiger partial charge in [0.05, 0.1) is 20.5 Å². The summed E-state index contributed by atoms with van der Waals surface area (Å²) in [4.78, 5) is 23.7. The molecule has 0 saturated carbocycles. The second kappa shape index (κ2) is 9.68. The molecule has 3 aromatic carbocycles. The lowest BCUT2D eigenvalue weighted by molar-refractivity contribution is -0.242. The normalized spacial score (nSPS) is 13.5. The summed E-state index contributed by atoms with van der Waals surface area (Å²) in [7, 11) is -4.09. The highest BCUT2D eigenvalue weighted by Gasteiger charge is 2.55. The molecule has 0 aliphatic carbocycles. The number of halogens is 4. The van der Waals surface area contributed by atoms with Gasteiger partial charge in [-0.2, -0.15) is 13.2 Å². The molecule has 7 nitrogen and oxygen atoms in total. The van der Waals surface area contributed by atoms with Crippen molar-refractivity contribution in [1.82, 2.24) is 0 Å². The van der Waals surface area contributed by atoms with Gasteiger partial charge in [-0.1, -0.05) is 29.8 Å². The maximum Gasteiger partial charge on any atom is 0.426 e. The number of nitrogens with one attached hydrogen (secondary N) is 2. The molecule has 0 saturated heterocycles. The standard InChI is InChI=1S/C23H18ClF3N2O5S/c1-22(32,23(25,26)27)21(31)29-19-12-11-17(13-18(19)24)35(33,34)16-9-7-15(8-10-16)28-20(30)14-5-3-2-4-6-14/h2-13,32H,1H3,(H,28,30)(H,29,31)/t22-/m1/s1. The molecule has 3 N–H and O–H groups in total. The Morgan fingerprint density at radius 3 is 2.00 bits per heavy atom. The lowest BCUT2D eigenvalue weighted by Crippen LogP contribution is -2.52. The first-order valence-corrected chi connectivity index (χ1v) is 11.7. The van der Waals surface area contributed by atoms with Gasteiger partial charge in [0.15, 0.2) is 0 Å². The zero-order valence-electron chi connectivity index (χ0n) is 17.9. The van der Waals surface area contributed by atoms with Gasteiger partial charge in [-0.3, -0.25) is 9.59 Å². The molecule has 0 fully saturated rings. The molecule has 12 heteroatoms. The minimum atomic E-state index is -5.24. The van der Waals surface area contributed by atoms with E-state index in [-0.39, 0.29) is 33.3 Å². The molecule has 0 radical (unpaired) electrons. The van der Waals surface area contributed by atoms with E-state index in [0.29, 0.717) is 11.3 Å². The molecule has 0 aliphatic heterocycles. The fourth-order valence-electron chi connectivity index (χ4n) is 2.78. The third-order valence-corrected chi connectivity index (χ3v) is 7.03. The Bertz CT molecular complexity index is 1360. The molecule has 184 valence electrons. The number of anilines is 2. The first-order chi connectivity index (χ1) is 16.2. The van der Waals surface area contributed by atoms with Crippen LogP contribution in [0.1, 0.15) is 17.3 Å². The maximum absolute atomic E-state index is 12.9. The molecule has 0 bridgehead atoms. The summed E-state index contributed by atoms with van der Waals surface area (Å²) in [5.74, 6) is -2.16. The van der Waals surface area contributed by atoms with Crippen LogP contribution in [0.15, 0.2) is 82.6 Å². The minimum absolute atomic E-state index is 0.136. The molecule has 0 aromatic heterocycles. The molecular formula is C23H18ClF3N2O5S. The van der Waals surface area contributed by atoms with Gasteiger partial charge in [0.2, 0.25) is 15.4 Å². The van der Waals surface area contributed by atoms with Crippen LogP contribution in [0.3, 0.4) is 0 Å². The van der Waals surface area contributed by atoms with Crippen LogP contribution in [-0.4, -0.2) is 37.1 Å². The zero-order valence-corrected chi connectivity index (χ0v) is 19.5. The Labute approximate surface area is 203 Å². The van der Waals surface area contributed by atoms with Crippen molar-refractivity contribution in [2.45, 2.75) is 28.5 Å². The Kier molecular flexibility index (Phi) is 7.25. The molecule has 0 heterocycles. The fraction of sp³-hybridized carbons (Fsp3) is 0.130. The molecule has 3 aromatic rings. The number of carbonyl (C=O) groups excluding carboxylic acids is 2. The Morgan fingerprint density at radius 1 is 0.886 bits per heavy atom. The monoisotopic (exact) mass is 526 g/mol. The lowest BCUT2D eigenvalue weighted by atomic mass is 10.1. The summed E-state index contributed by atoms with van der Waals surface area (Å²) < 4.78 is 64.4. The predicted octanol–water partition coefficient (Wildman–Crippen LogP) is 4.68. The van der Waals surface area contributed by atoms with E-state index in [9.17, 15) is 36.3 Å². The van der Waals surface area contributed by atoms with E-state index in [2.05, 4.69) is 5.32 Å². The fourth-order valence-corrected chi connectivity index (χ4v) is 4.36. The van der Waals surface area contributed by atoms with E-state index >= 15 is 0 Å². The summed E-state index contributed by atoms with van der Waals surface area (Å²) in [6, 6.07) is 16.7. The number of carbonyl (C=O) groups is 2. The van der Waals surface area contributed by atoms with E-state index in [1.165, 1.54) is 24.3 Å². The Morgan fingerprint density at radius 2 is 1.46 bits per heavy atom. The maximum atomic E-state index is 12.9. The van der Waals surface area contributed by atoms with Gasteiger partial charge in [-0.15, -0.1) is 0 Å². The first kappa shape index (κ1) is 26.2. The van der Waals surface area contributed by atoms with Crippen LogP contribution in [0.5, 0.6) is 0 Å². The highest BCUT2D eigenvalue weighted by molar-refractivity contribution is 7.91. The summed E-state index contributed by atoms with van der Waals surface area (Å²) in [6.45, 7) is 0.279. The number of aliphatic hydroxyl groups is 1. The molecular weight excluding hydrogens is 509 g/mol. The van der Waals surface area contributed by atoms with E-state index in [1.54, 1.807) is 30.3 Å². The van der Waals surface area contributed by atoms with Crippen molar-refractivity contribution >= 4 is 44.6 Å². The third-order valence-electron chi connectivity index (χ3n) is 4.95. The van der Waals surface area contributed by atoms with Gasteiger partial charge in [-0.05, 0) is 61.5 Å². The summed E-state index contributed by atoms with van der Waals surface area (Å²) >= 11 is 5.98. The molecule has 0 unspecified atom stereocenters. The second-order valence-corrected chi connectivity index (χ2v) is 9.87. The highest BCUT2D eigenvalue weighted by atomic mass is 35.5. The van der Waals surface area contributed by atoms with Crippen LogP contribution >= 0.6 is 11.6 Å². The van der Waals surface area contributed by atoms with Crippen molar-refractivity contribution in [3.05, 3.63) is 83.4 Å². The Balaban J connectivity index is 1.78. The minimum Gasteiger partial charge on any atom is -0.373 e. The van der Waals surface area contributed by atoms with Crippen molar-refractivity contribution in [1.29, 1.82) is 0 Å². The van der Waals surface area contributed by atoms with Crippen molar-refractivity contribution in [3.8, 4) is 0 Å². The molecule has 35 heavy (non-hydrogen) atoms. The van der Waals surface area contributed by atoms with E-state index in [1.807, 2.05) is 5.32 Å². The topological polar surface area (TPSA) is 113 Å². The number of alkyl halides is 3. The van der Waals surface area contributed by atoms with Gasteiger partial charge in [-0.25, -0.2) is 8.42 Å². The zero-order chi connectivity index (χ0) is 26.0. The van der Waals surface area contributed by atoms with Crippen LogP contribution in [0.2, 0.25) is 5.02 Å². The van der Waals surface area contributed by atoms with Gasteiger partial charge in [0, 0.05) is 11.3 Å². The number of benzene rings is 3. The number of hydrogen-bond acceptors (Lipinski definition) is 5. The average Bonchev–Trinajstić information content (AvgIpc) is 2.80. The van der Waals surface area contributed by atoms with Gasteiger partial charge >= 0.3 is 6.18 Å². The highest BCUT2D eigenvalue weighted by Crippen LogP contribution is 2.33. The quantitative estimate of drug-likeness (QED) is 0.432. The smallest absolute Gasteiger partial charge is 0.373 e. The SMILES string of the molecule is C[C@@](O)(C(=O)Nc1ccc(S(=O)(=O)c2ccc(NC(=O)c3ccccc3)cc2)cc1Cl)C(F)(F)F.